The minimum absolute atomic E-state index is 0.00220. The van der Waals surface area contributed by atoms with Gasteiger partial charge in [-0.05, 0) is 94.0 Å². The van der Waals surface area contributed by atoms with Crippen molar-refractivity contribution in [3.05, 3.63) is 108 Å². The summed E-state index contributed by atoms with van der Waals surface area (Å²) in [6.07, 6.45) is 5.93. The third-order valence-corrected chi connectivity index (χ3v) is 11.3. The Balaban J connectivity index is 1.45. The molecule has 2 heterocycles. The minimum Gasteiger partial charge on any atom is -0.383 e. The lowest BCUT2D eigenvalue weighted by molar-refractivity contribution is -0.136. The second-order valence-electron chi connectivity index (χ2n) is 11.3. The average molecular weight is 546 g/mol. The van der Waals surface area contributed by atoms with Crippen molar-refractivity contribution < 1.29 is 17.9 Å². The molecule has 2 unspecified atom stereocenters. The smallest absolute Gasteiger partial charge is 0.181 e. The number of rotatable bonds is 5. The summed E-state index contributed by atoms with van der Waals surface area (Å²) in [5.74, 6) is -0.298. The van der Waals surface area contributed by atoms with E-state index in [0.717, 1.165) is 22.6 Å². The van der Waals surface area contributed by atoms with Crippen LogP contribution in [0.4, 0.5) is 4.39 Å². The van der Waals surface area contributed by atoms with Crippen LogP contribution in [0.3, 0.4) is 0 Å². The lowest BCUT2D eigenvalue weighted by atomic mass is 9.52. The van der Waals surface area contributed by atoms with Gasteiger partial charge in [0.1, 0.15) is 11.4 Å². The summed E-state index contributed by atoms with van der Waals surface area (Å²) in [7, 11) is -3.62. The molecule has 8 heteroatoms. The molecule has 0 amide bonds. The Labute approximate surface area is 228 Å². The molecule has 6 rings (SSSR count). The number of nitrogens with zero attached hydrogens (tertiary/aromatic N) is 3. The fourth-order valence-electron chi connectivity index (χ4n) is 6.84. The Hall–Kier alpha value is -3.36. The van der Waals surface area contributed by atoms with Crippen LogP contribution in [0.2, 0.25) is 0 Å². The van der Waals surface area contributed by atoms with E-state index in [1.807, 2.05) is 41.8 Å². The Morgan fingerprint density at radius 1 is 1.03 bits per heavy atom. The van der Waals surface area contributed by atoms with Gasteiger partial charge in [0.05, 0.1) is 27.9 Å². The van der Waals surface area contributed by atoms with Crippen molar-refractivity contribution in [3.8, 4) is 5.69 Å². The van der Waals surface area contributed by atoms with Gasteiger partial charge in [-0.2, -0.15) is 0 Å². The minimum atomic E-state index is -3.62. The summed E-state index contributed by atoms with van der Waals surface area (Å²) < 4.78 is 43.4. The molecule has 4 aromatic rings. The van der Waals surface area contributed by atoms with Crippen molar-refractivity contribution in [2.24, 2.45) is 11.3 Å². The number of imidazole rings is 1. The number of halogens is 1. The van der Waals surface area contributed by atoms with Gasteiger partial charge in [-0.15, -0.1) is 0 Å². The molecule has 2 aliphatic carbocycles. The highest BCUT2D eigenvalue weighted by molar-refractivity contribution is 7.92. The fourth-order valence-corrected chi connectivity index (χ4v) is 8.71. The maximum atomic E-state index is 13.9. The largest absolute Gasteiger partial charge is 0.383 e. The van der Waals surface area contributed by atoms with Crippen molar-refractivity contribution in [3.63, 3.8) is 0 Å². The number of aryl methyl sites for hydroxylation is 1. The van der Waals surface area contributed by atoms with Crippen LogP contribution in [-0.4, -0.2) is 33.3 Å². The van der Waals surface area contributed by atoms with Crippen molar-refractivity contribution >= 4 is 9.84 Å². The molecular weight excluding hydrogens is 513 g/mol. The summed E-state index contributed by atoms with van der Waals surface area (Å²) in [4.78, 5) is 9.59. The molecule has 0 bridgehead atoms. The van der Waals surface area contributed by atoms with Gasteiger partial charge in [0.2, 0.25) is 0 Å². The maximum absolute atomic E-state index is 13.9. The van der Waals surface area contributed by atoms with Gasteiger partial charge in [0, 0.05) is 29.4 Å². The van der Waals surface area contributed by atoms with Gasteiger partial charge in [-0.3, -0.25) is 4.98 Å². The Morgan fingerprint density at radius 3 is 2.46 bits per heavy atom. The summed E-state index contributed by atoms with van der Waals surface area (Å²) in [5, 5.41) is 11.7. The number of sulfone groups is 1. The molecule has 0 aliphatic heterocycles. The zero-order chi connectivity index (χ0) is 27.4. The highest BCUT2D eigenvalue weighted by atomic mass is 32.2. The monoisotopic (exact) mass is 545 g/mol. The van der Waals surface area contributed by atoms with E-state index >= 15 is 0 Å². The second-order valence-corrected chi connectivity index (χ2v) is 13.5. The highest BCUT2D eigenvalue weighted by Crippen LogP contribution is 2.59. The molecule has 39 heavy (non-hydrogen) atoms. The summed E-state index contributed by atoms with van der Waals surface area (Å²) in [6.45, 7) is 3.72. The predicted octanol–water partition coefficient (Wildman–Crippen LogP) is 5.35. The quantitative estimate of drug-likeness (QED) is 0.366. The fraction of sp³-hybridized carbons (Fsp3) is 0.355. The van der Waals surface area contributed by atoms with Crippen LogP contribution in [0, 0.1) is 24.1 Å². The van der Waals surface area contributed by atoms with Gasteiger partial charge in [-0.25, -0.2) is 17.8 Å². The number of aliphatic hydroxyl groups is 1. The predicted molar refractivity (Wildman–Crippen MR) is 147 cm³/mol. The molecule has 1 fully saturated rings. The van der Waals surface area contributed by atoms with Crippen LogP contribution in [0.5, 0.6) is 0 Å². The third kappa shape index (κ3) is 4.21. The molecule has 0 saturated heterocycles. The van der Waals surface area contributed by atoms with Crippen molar-refractivity contribution in [1.82, 2.24) is 14.5 Å². The number of benzene rings is 2. The first-order valence-electron chi connectivity index (χ1n) is 13.4. The summed E-state index contributed by atoms with van der Waals surface area (Å²) >= 11 is 0. The first-order chi connectivity index (χ1) is 18.6. The Bertz CT molecular complexity index is 1600. The molecule has 1 N–H and O–H groups in total. The van der Waals surface area contributed by atoms with E-state index in [1.54, 1.807) is 43.7 Å². The zero-order valence-electron chi connectivity index (χ0n) is 22.1. The number of fused-ring (bicyclic) bond motifs is 2. The van der Waals surface area contributed by atoms with Gasteiger partial charge >= 0.3 is 0 Å². The maximum Gasteiger partial charge on any atom is 0.181 e. The topological polar surface area (TPSA) is 85.1 Å². The number of pyridine rings is 1. The van der Waals surface area contributed by atoms with E-state index in [9.17, 15) is 17.9 Å². The van der Waals surface area contributed by atoms with E-state index in [1.165, 1.54) is 12.1 Å². The average Bonchev–Trinajstić information content (AvgIpc) is 3.34. The van der Waals surface area contributed by atoms with Gasteiger partial charge in [0.25, 0.3) is 0 Å². The van der Waals surface area contributed by atoms with Gasteiger partial charge in [0.15, 0.2) is 9.84 Å². The number of hydrogen-bond donors (Lipinski definition) is 1. The van der Waals surface area contributed by atoms with Crippen molar-refractivity contribution in [2.75, 3.05) is 0 Å². The first kappa shape index (κ1) is 25.9. The van der Waals surface area contributed by atoms with Crippen molar-refractivity contribution in [1.29, 1.82) is 0 Å². The Morgan fingerprint density at radius 2 is 1.77 bits per heavy atom. The molecule has 2 aromatic carbocycles. The molecule has 2 aliphatic rings. The Kier molecular flexibility index (Phi) is 6.23. The zero-order valence-corrected chi connectivity index (χ0v) is 22.9. The molecule has 6 nitrogen and oxygen atoms in total. The number of hydrogen-bond acceptors (Lipinski definition) is 5. The van der Waals surface area contributed by atoms with E-state index in [0.29, 0.717) is 42.7 Å². The molecule has 4 atom stereocenters. The van der Waals surface area contributed by atoms with E-state index in [4.69, 9.17) is 4.98 Å². The highest BCUT2D eigenvalue weighted by Gasteiger charge is 2.60. The lowest BCUT2D eigenvalue weighted by Crippen LogP contribution is -2.57. The van der Waals surface area contributed by atoms with Crippen LogP contribution in [0.1, 0.15) is 48.8 Å². The molecule has 2 aromatic heterocycles. The van der Waals surface area contributed by atoms with E-state index in [-0.39, 0.29) is 11.7 Å². The summed E-state index contributed by atoms with van der Waals surface area (Å²) in [5.41, 5.74) is 2.03. The van der Waals surface area contributed by atoms with Crippen LogP contribution < -0.4 is 0 Å². The summed E-state index contributed by atoms with van der Waals surface area (Å²) in [6, 6.07) is 18.8. The van der Waals surface area contributed by atoms with Crippen LogP contribution in [-0.2, 0) is 28.3 Å². The van der Waals surface area contributed by atoms with Gasteiger partial charge in [-0.1, -0.05) is 23.8 Å². The SMILES string of the molecule is Cc1ccc(S(=O)(=O)[C@H]2CCC3Cc4c(ncn4-c4ccc(F)cc4)C[C@]3(C(C)(O)c3ccccn3)C2)cc1. The van der Waals surface area contributed by atoms with Crippen molar-refractivity contribution in [2.45, 2.75) is 61.7 Å². The van der Waals surface area contributed by atoms with Crippen LogP contribution in [0.15, 0.2) is 84.1 Å². The molecule has 1 saturated carbocycles. The van der Waals surface area contributed by atoms with E-state index in [2.05, 4.69) is 4.98 Å². The first-order valence-corrected chi connectivity index (χ1v) is 14.9. The molecule has 0 spiro atoms. The van der Waals surface area contributed by atoms with Gasteiger partial charge < -0.3 is 9.67 Å². The normalized spacial score (nSPS) is 24.4. The molecule has 202 valence electrons. The van der Waals surface area contributed by atoms with Crippen LogP contribution in [0.25, 0.3) is 5.69 Å². The lowest BCUT2D eigenvalue weighted by Gasteiger charge is -2.56. The van der Waals surface area contributed by atoms with E-state index < -0.39 is 26.1 Å². The third-order valence-electron chi connectivity index (χ3n) is 9.11. The second kappa shape index (κ2) is 9.38. The standard InChI is InChI=1S/C31H32FN3O3S/c1-21-6-13-25(14-7-21)39(37,38)26-15-8-22-17-28-27(34-20-35(28)24-11-9-23(32)10-12-24)19-31(22,18-26)30(2,36)29-5-3-4-16-33-29/h3-7,9-14,16,20,22,26,36H,8,15,17-19H2,1-2H3/t22?,26-,30?,31+/m0/s1. The molecular formula is C31H32FN3O3S. The van der Waals surface area contributed by atoms with Crippen LogP contribution >= 0.6 is 0 Å². The number of aromatic nitrogens is 3. The molecule has 0 radical (unpaired) electrons.